The highest BCUT2D eigenvalue weighted by Crippen LogP contribution is 2.39. The third-order valence-electron chi connectivity index (χ3n) is 2.35. The number of aromatic hydroxyl groups is 1. The van der Waals surface area contributed by atoms with Gasteiger partial charge in [0.05, 0.1) is 17.6 Å². The molecule has 1 rings (SSSR count). The molecule has 0 saturated carbocycles. The lowest BCUT2D eigenvalue weighted by Crippen LogP contribution is -2.01. The van der Waals surface area contributed by atoms with Gasteiger partial charge in [-0.05, 0) is 25.0 Å². The molecule has 1 atom stereocenters. The number of aliphatic hydroxyl groups excluding tert-OH is 1. The molecule has 0 heterocycles. The van der Waals surface area contributed by atoms with Crippen molar-refractivity contribution in [3.8, 4) is 11.5 Å². The lowest BCUT2D eigenvalue weighted by atomic mass is 10.1. The second kappa shape index (κ2) is 5.49. The van der Waals surface area contributed by atoms with Gasteiger partial charge in [-0.1, -0.05) is 6.92 Å². The smallest absolute Gasteiger partial charge is 0.315 e. The van der Waals surface area contributed by atoms with E-state index in [9.17, 15) is 20.3 Å². The first-order valence-corrected chi connectivity index (χ1v) is 5.33. The Kier molecular flexibility index (Phi) is 4.28. The summed E-state index contributed by atoms with van der Waals surface area (Å²) in [5.74, 6) is -0.492. The molecule has 0 aliphatic rings. The average molecular weight is 241 g/mol. The van der Waals surface area contributed by atoms with Gasteiger partial charge in [0, 0.05) is 6.07 Å². The minimum atomic E-state index is -0.812. The molecule has 1 unspecified atom stereocenters. The SMILES string of the molecule is CCOc1cc(C(O)CC)cc([N+](=O)[O-])c1O. The quantitative estimate of drug-likeness (QED) is 0.608. The van der Waals surface area contributed by atoms with Gasteiger partial charge in [-0.2, -0.15) is 0 Å². The zero-order chi connectivity index (χ0) is 13.0. The first kappa shape index (κ1) is 13.2. The maximum Gasteiger partial charge on any atom is 0.315 e. The van der Waals surface area contributed by atoms with E-state index in [1.54, 1.807) is 13.8 Å². The van der Waals surface area contributed by atoms with Crippen LogP contribution >= 0.6 is 0 Å². The molecule has 1 aromatic rings. The molecule has 0 amide bonds. The highest BCUT2D eigenvalue weighted by molar-refractivity contribution is 5.57. The van der Waals surface area contributed by atoms with Crippen LogP contribution < -0.4 is 4.74 Å². The van der Waals surface area contributed by atoms with E-state index in [4.69, 9.17) is 4.74 Å². The minimum absolute atomic E-state index is 0.0178. The number of ether oxygens (including phenoxy) is 1. The summed E-state index contributed by atoms with van der Waals surface area (Å²) in [5, 5.41) is 30.0. The van der Waals surface area contributed by atoms with Crippen molar-refractivity contribution in [2.75, 3.05) is 6.61 Å². The van der Waals surface area contributed by atoms with Gasteiger partial charge in [-0.3, -0.25) is 10.1 Å². The van der Waals surface area contributed by atoms with Crippen LogP contribution in [0.25, 0.3) is 0 Å². The molecule has 17 heavy (non-hydrogen) atoms. The van der Waals surface area contributed by atoms with Gasteiger partial charge < -0.3 is 14.9 Å². The van der Waals surface area contributed by atoms with Gasteiger partial charge in [-0.25, -0.2) is 0 Å². The number of nitro benzene ring substituents is 1. The number of phenolic OH excluding ortho intramolecular Hbond substituents is 1. The van der Waals surface area contributed by atoms with Crippen LogP contribution in [0.5, 0.6) is 11.5 Å². The van der Waals surface area contributed by atoms with E-state index in [1.807, 2.05) is 0 Å². The first-order valence-electron chi connectivity index (χ1n) is 5.33. The molecule has 6 nitrogen and oxygen atoms in total. The Morgan fingerprint density at radius 2 is 2.12 bits per heavy atom. The molecule has 2 N–H and O–H groups in total. The average Bonchev–Trinajstić information content (AvgIpc) is 2.30. The van der Waals surface area contributed by atoms with Crippen LogP contribution in [-0.2, 0) is 0 Å². The predicted octanol–water partition coefficient (Wildman–Crippen LogP) is 2.14. The number of hydrogen-bond acceptors (Lipinski definition) is 5. The van der Waals surface area contributed by atoms with Crippen molar-refractivity contribution in [3.05, 3.63) is 27.8 Å². The lowest BCUT2D eigenvalue weighted by molar-refractivity contribution is -0.386. The molecule has 0 aromatic heterocycles. The van der Waals surface area contributed by atoms with Gasteiger partial charge in [0.15, 0.2) is 5.75 Å². The highest BCUT2D eigenvalue weighted by atomic mass is 16.6. The van der Waals surface area contributed by atoms with Crippen molar-refractivity contribution in [2.24, 2.45) is 0 Å². The summed E-state index contributed by atoms with van der Waals surface area (Å²) in [6.45, 7) is 3.73. The molecule has 0 aliphatic heterocycles. The maximum atomic E-state index is 10.7. The van der Waals surface area contributed by atoms with Crippen molar-refractivity contribution in [1.82, 2.24) is 0 Å². The lowest BCUT2D eigenvalue weighted by Gasteiger charge is -2.12. The van der Waals surface area contributed by atoms with E-state index in [-0.39, 0.29) is 12.4 Å². The number of benzene rings is 1. The van der Waals surface area contributed by atoms with Gasteiger partial charge in [0.2, 0.25) is 5.75 Å². The predicted molar refractivity (Wildman–Crippen MR) is 61.2 cm³/mol. The van der Waals surface area contributed by atoms with E-state index >= 15 is 0 Å². The summed E-state index contributed by atoms with van der Waals surface area (Å²) in [7, 11) is 0. The Morgan fingerprint density at radius 1 is 1.47 bits per heavy atom. The Hall–Kier alpha value is -1.82. The fourth-order valence-electron chi connectivity index (χ4n) is 1.45. The molecule has 0 saturated heterocycles. The van der Waals surface area contributed by atoms with Crippen molar-refractivity contribution in [1.29, 1.82) is 0 Å². The summed E-state index contributed by atoms with van der Waals surface area (Å²) in [5.41, 5.74) is -0.0982. The largest absolute Gasteiger partial charge is 0.500 e. The summed E-state index contributed by atoms with van der Waals surface area (Å²) in [4.78, 5) is 10.0. The summed E-state index contributed by atoms with van der Waals surface area (Å²) >= 11 is 0. The minimum Gasteiger partial charge on any atom is -0.500 e. The van der Waals surface area contributed by atoms with Crippen LogP contribution in [-0.4, -0.2) is 21.7 Å². The van der Waals surface area contributed by atoms with E-state index in [2.05, 4.69) is 0 Å². The van der Waals surface area contributed by atoms with Crippen LogP contribution in [0, 0.1) is 10.1 Å². The highest BCUT2D eigenvalue weighted by Gasteiger charge is 2.22. The Bertz CT molecular complexity index is 419. The molecule has 94 valence electrons. The van der Waals surface area contributed by atoms with Gasteiger partial charge in [0.1, 0.15) is 0 Å². The van der Waals surface area contributed by atoms with Crippen LogP contribution in [0.1, 0.15) is 31.9 Å². The fourth-order valence-corrected chi connectivity index (χ4v) is 1.45. The summed E-state index contributed by atoms with van der Waals surface area (Å²) < 4.78 is 5.10. The zero-order valence-corrected chi connectivity index (χ0v) is 9.71. The van der Waals surface area contributed by atoms with Crippen LogP contribution in [0.4, 0.5) is 5.69 Å². The molecular formula is C11H15NO5. The number of nitro groups is 1. The second-order valence-electron chi connectivity index (χ2n) is 3.50. The molecule has 0 spiro atoms. The molecule has 0 aliphatic carbocycles. The third kappa shape index (κ3) is 2.85. The first-order chi connectivity index (χ1) is 8.01. The van der Waals surface area contributed by atoms with Crippen molar-refractivity contribution >= 4 is 5.69 Å². The monoisotopic (exact) mass is 241 g/mol. The zero-order valence-electron chi connectivity index (χ0n) is 9.71. The van der Waals surface area contributed by atoms with Crippen molar-refractivity contribution in [3.63, 3.8) is 0 Å². The fraction of sp³-hybridized carbons (Fsp3) is 0.455. The van der Waals surface area contributed by atoms with Crippen LogP contribution in [0.15, 0.2) is 12.1 Å². The number of hydrogen-bond donors (Lipinski definition) is 2. The molecular weight excluding hydrogens is 226 g/mol. The standard InChI is InChI=1S/C11H15NO5/c1-3-9(13)7-5-8(12(15)16)11(14)10(6-7)17-4-2/h5-6,9,13-14H,3-4H2,1-2H3. The Labute approximate surface area is 98.6 Å². The Morgan fingerprint density at radius 3 is 2.59 bits per heavy atom. The Balaban J connectivity index is 3.30. The van der Waals surface area contributed by atoms with Crippen LogP contribution in [0.2, 0.25) is 0 Å². The van der Waals surface area contributed by atoms with E-state index in [0.29, 0.717) is 12.0 Å². The molecule has 0 radical (unpaired) electrons. The molecule has 0 bridgehead atoms. The summed E-state index contributed by atoms with van der Waals surface area (Å²) in [6, 6.07) is 2.58. The molecule has 6 heteroatoms. The normalized spacial score (nSPS) is 12.2. The molecule has 0 fully saturated rings. The number of aliphatic hydroxyl groups is 1. The number of phenols is 1. The van der Waals surface area contributed by atoms with E-state index < -0.39 is 22.5 Å². The van der Waals surface area contributed by atoms with Gasteiger partial charge >= 0.3 is 5.69 Å². The number of rotatable bonds is 5. The van der Waals surface area contributed by atoms with Crippen molar-refractivity contribution in [2.45, 2.75) is 26.4 Å². The molecule has 1 aromatic carbocycles. The third-order valence-corrected chi connectivity index (χ3v) is 2.35. The maximum absolute atomic E-state index is 10.7. The van der Waals surface area contributed by atoms with Crippen LogP contribution in [0.3, 0.4) is 0 Å². The van der Waals surface area contributed by atoms with Gasteiger partial charge in [-0.15, -0.1) is 0 Å². The van der Waals surface area contributed by atoms with Crippen molar-refractivity contribution < 1.29 is 19.9 Å². The van der Waals surface area contributed by atoms with E-state index in [1.165, 1.54) is 6.07 Å². The topological polar surface area (TPSA) is 92.8 Å². The second-order valence-corrected chi connectivity index (χ2v) is 3.50. The van der Waals surface area contributed by atoms with Gasteiger partial charge in [0.25, 0.3) is 0 Å². The number of nitrogens with zero attached hydrogens (tertiary/aromatic N) is 1. The summed E-state index contributed by atoms with van der Waals surface area (Å²) in [6.07, 6.45) is -0.387. The van der Waals surface area contributed by atoms with E-state index in [0.717, 1.165) is 6.07 Å².